The fourth-order valence-corrected chi connectivity index (χ4v) is 2.98. The topological polar surface area (TPSA) is 110 Å². The van der Waals surface area contributed by atoms with E-state index in [0.29, 0.717) is 13.1 Å². The number of carbonyl (C=O) groups excluding carboxylic acids is 2. The fourth-order valence-electron chi connectivity index (χ4n) is 2.98. The molecule has 0 saturated carbocycles. The highest BCUT2D eigenvalue weighted by Gasteiger charge is 2.29. The highest BCUT2D eigenvalue weighted by atomic mass is 16.5. The number of carboxylic acids is 1. The molecule has 1 heterocycles. The Bertz CT molecular complexity index is 605. The molecule has 0 radical (unpaired) electrons. The summed E-state index contributed by atoms with van der Waals surface area (Å²) in [6.07, 6.45) is 1.38. The van der Waals surface area contributed by atoms with E-state index in [1.54, 1.807) is 4.90 Å². The maximum Gasteiger partial charge on any atom is 0.308 e. The summed E-state index contributed by atoms with van der Waals surface area (Å²) >= 11 is 0. The number of benzene rings is 1. The van der Waals surface area contributed by atoms with Gasteiger partial charge >= 0.3 is 11.9 Å². The maximum absolute atomic E-state index is 12.4. The quantitative estimate of drug-likeness (QED) is 0.716. The zero-order valence-electron chi connectivity index (χ0n) is 14.1. The molecule has 0 spiro atoms. The van der Waals surface area contributed by atoms with Crippen LogP contribution in [0.4, 0.5) is 0 Å². The summed E-state index contributed by atoms with van der Waals surface area (Å²) in [5, 5.41) is 8.88. The number of rotatable bonds is 7. The lowest BCUT2D eigenvalue weighted by Gasteiger charge is -2.33. The summed E-state index contributed by atoms with van der Waals surface area (Å²) in [4.78, 5) is 36.6. The fraction of sp³-hybridized carbons (Fsp3) is 0.500. The van der Waals surface area contributed by atoms with Crippen LogP contribution in [0.5, 0.6) is 0 Å². The highest BCUT2D eigenvalue weighted by Crippen LogP contribution is 2.20. The molecule has 2 rings (SSSR count). The number of ether oxygens (including phenoxy) is 1. The summed E-state index contributed by atoms with van der Waals surface area (Å²) in [6, 6.07) is 8.29. The van der Waals surface area contributed by atoms with Crippen molar-refractivity contribution in [3.63, 3.8) is 0 Å². The number of carbonyl (C=O) groups is 3. The molecule has 1 aromatic rings. The Kier molecular flexibility index (Phi) is 6.94. The van der Waals surface area contributed by atoms with Gasteiger partial charge in [-0.3, -0.25) is 14.4 Å². The van der Waals surface area contributed by atoms with Gasteiger partial charge in [0, 0.05) is 19.5 Å². The second kappa shape index (κ2) is 9.17. The molecule has 1 fully saturated rings. The molecule has 0 bridgehead atoms. The van der Waals surface area contributed by atoms with E-state index in [1.165, 1.54) is 0 Å². The monoisotopic (exact) mass is 348 g/mol. The average Bonchev–Trinajstić information content (AvgIpc) is 2.60. The number of piperidine rings is 1. The normalized spacial score (nSPS) is 18.4. The number of nitrogens with two attached hydrogens (primary N) is 1. The van der Waals surface area contributed by atoms with Gasteiger partial charge in [-0.15, -0.1) is 0 Å². The van der Waals surface area contributed by atoms with Crippen LogP contribution < -0.4 is 5.73 Å². The molecule has 1 amide bonds. The molecule has 7 heteroatoms. The molecule has 2 atom stereocenters. The highest BCUT2D eigenvalue weighted by molar-refractivity contribution is 5.86. The lowest BCUT2D eigenvalue weighted by molar-refractivity contribution is -0.148. The first-order valence-electron chi connectivity index (χ1n) is 8.41. The van der Waals surface area contributed by atoms with Gasteiger partial charge in [-0.1, -0.05) is 30.3 Å². The van der Waals surface area contributed by atoms with Crippen molar-refractivity contribution in [2.45, 2.75) is 38.3 Å². The van der Waals surface area contributed by atoms with Crippen LogP contribution in [0.15, 0.2) is 30.3 Å². The third-order valence-electron chi connectivity index (χ3n) is 4.24. The lowest BCUT2D eigenvalue weighted by atomic mass is 9.94. The van der Waals surface area contributed by atoms with Crippen molar-refractivity contribution < 1.29 is 24.2 Å². The number of amides is 1. The van der Waals surface area contributed by atoms with Crippen LogP contribution in [0, 0.1) is 5.92 Å². The zero-order valence-corrected chi connectivity index (χ0v) is 14.1. The van der Waals surface area contributed by atoms with Crippen molar-refractivity contribution in [3.8, 4) is 0 Å². The summed E-state index contributed by atoms with van der Waals surface area (Å²) in [7, 11) is 0. The van der Waals surface area contributed by atoms with E-state index in [4.69, 9.17) is 15.6 Å². The minimum atomic E-state index is -0.966. The molecular weight excluding hydrogens is 324 g/mol. The molecule has 7 nitrogen and oxygen atoms in total. The van der Waals surface area contributed by atoms with Gasteiger partial charge in [-0.05, 0) is 24.3 Å². The molecule has 1 aliphatic heterocycles. The first-order chi connectivity index (χ1) is 12.0. The zero-order chi connectivity index (χ0) is 18.2. The Morgan fingerprint density at radius 1 is 1.28 bits per heavy atom. The van der Waals surface area contributed by atoms with Gasteiger partial charge in [0.2, 0.25) is 5.91 Å². The number of aliphatic carboxylic acids is 1. The predicted molar refractivity (Wildman–Crippen MR) is 90.4 cm³/mol. The Labute approximate surface area is 146 Å². The maximum atomic E-state index is 12.4. The van der Waals surface area contributed by atoms with Crippen molar-refractivity contribution in [2.75, 3.05) is 13.1 Å². The van der Waals surface area contributed by atoms with Crippen molar-refractivity contribution in [1.82, 2.24) is 4.90 Å². The minimum Gasteiger partial charge on any atom is -0.481 e. The van der Waals surface area contributed by atoms with Gasteiger partial charge in [0.1, 0.15) is 6.61 Å². The smallest absolute Gasteiger partial charge is 0.308 e. The van der Waals surface area contributed by atoms with Crippen LogP contribution in [-0.4, -0.2) is 47.0 Å². The molecule has 1 aliphatic rings. The Morgan fingerprint density at radius 3 is 2.68 bits per heavy atom. The summed E-state index contributed by atoms with van der Waals surface area (Å²) in [5.74, 6) is -1.78. The minimum absolute atomic E-state index is 0.0398. The molecule has 0 aromatic heterocycles. The number of hydrogen-bond acceptors (Lipinski definition) is 5. The van der Waals surface area contributed by atoms with E-state index in [2.05, 4.69) is 0 Å². The van der Waals surface area contributed by atoms with Gasteiger partial charge in [-0.25, -0.2) is 0 Å². The van der Waals surface area contributed by atoms with Crippen LogP contribution >= 0.6 is 0 Å². The van der Waals surface area contributed by atoms with Crippen LogP contribution in [0.1, 0.15) is 31.2 Å². The lowest BCUT2D eigenvalue weighted by Crippen LogP contribution is -2.49. The van der Waals surface area contributed by atoms with E-state index < -0.39 is 18.0 Å². The standard InChI is InChI=1S/C18H24N2O5/c19-15(10-17(23)25-12-13-5-2-1-3-6-13)18(24)20-8-4-7-14(11-20)9-16(21)22/h1-3,5-6,14-15H,4,7-12,19H2,(H,21,22)/t14?,15-/m0/s1. The molecule has 1 aromatic carbocycles. The van der Waals surface area contributed by atoms with Crippen molar-refractivity contribution >= 4 is 17.8 Å². The van der Waals surface area contributed by atoms with Gasteiger partial charge in [0.25, 0.3) is 0 Å². The van der Waals surface area contributed by atoms with E-state index in [0.717, 1.165) is 18.4 Å². The Hall–Kier alpha value is -2.41. The van der Waals surface area contributed by atoms with Crippen LogP contribution in [-0.2, 0) is 25.7 Å². The summed E-state index contributed by atoms with van der Waals surface area (Å²) < 4.78 is 5.14. The molecule has 136 valence electrons. The molecule has 25 heavy (non-hydrogen) atoms. The molecule has 1 unspecified atom stereocenters. The third-order valence-corrected chi connectivity index (χ3v) is 4.24. The number of nitrogens with zero attached hydrogens (tertiary/aromatic N) is 1. The Balaban J connectivity index is 1.78. The van der Waals surface area contributed by atoms with Crippen LogP contribution in [0.3, 0.4) is 0 Å². The Morgan fingerprint density at radius 2 is 2.00 bits per heavy atom. The van der Waals surface area contributed by atoms with Crippen LogP contribution in [0.2, 0.25) is 0 Å². The average molecular weight is 348 g/mol. The van der Waals surface area contributed by atoms with Gasteiger partial charge in [0.15, 0.2) is 0 Å². The van der Waals surface area contributed by atoms with E-state index in [-0.39, 0.29) is 31.3 Å². The number of carboxylic acid groups (broad SMARTS) is 1. The molecular formula is C18H24N2O5. The number of likely N-dealkylation sites (tertiary alicyclic amines) is 1. The number of esters is 1. The van der Waals surface area contributed by atoms with Gasteiger partial charge < -0.3 is 20.5 Å². The van der Waals surface area contributed by atoms with Crippen molar-refractivity contribution in [2.24, 2.45) is 11.7 Å². The van der Waals surface area contributed by atoms with E-state index >= 15 is 0 Å². The predicted octanol–water partition coefficient (Wildman–Crippen LogP) is 1.16. The molecule has 0 aliphatic carbocycles. The third kappa shape index (κ3) is 6.19. The SMILES string of the molecule is N[C@@H](CC(=O)OCc1ccccc1)C(=O)N1CCCC(CC(=O)O)C1. The van der Waals surface area contributed by atoms with E-state index in [1.807, 2.05) is 30.3 Å². The van der Waals surface area contributed by atoms with Gasteiger partial charge in [-0.2, -0.15) is 0 Å². The van der Waals surface area contributed by atoms with Crippen molar-refractivity contribution in [3.05, 3.63) is 35.9 Å². The molecule has 3 N–H and O–H groups in total. The van der Waals surface area contributed by atoms with Crippen molar-refractivity contribution in [1.29, 1.82) is 0 Å². The number of hydrogen-bond donors (Lipinski definition) is 2. The second-order valence-electron chi connectivity index (χ2n) is 6.35. The largest absolute Gasteiger partial charge is 0.481 e. The first kappa shape index (κ1) is 18.9. The summed E-state index contributed by atoms with van der Waals surface area (Å²) in [5.41, 5.74) is 6.72. The summed E-state index contributed by atoms with van der Waals surface area (Å²) in [6.45, 7) is 1.06. The first-order valence-corrected chi connectivity index (χ1v) is 8.41. The van der Waals surface area contributed by atoms with Crippen LogP contribution in [0.25, 0.3) is 0 Å². The second-order valence-corrected chi connectivity index (χ2v) is 6.35. The molecule has 1 saturated heterocycles. The van der Waals surface area contributed by atoms with E-state index in [9.17, 15) is 14.4 Å². The van der Waals surface area contributed by atoms with Gasteiger partial charge in [0.05, 0.1) is 12.5 Å².